The third-order valence-corrected chi connectivity index (χ3v) is 6.32. The molecule has 0 bridgehead atoms. The Morgan fingerprint density at radius 1 is 1.09 bits per heavy atom. The molecule has 0 saturated carbocycles. The number of hydrogen-bond donors (Lipinski definition) is 3. The second-order valence-electron chi connectivity index (χ2n) is 8.77. The SMILES string of the molecule is COc1ccccc1-c1c[nH]c2ncc(-c3ccc(NC(=O)[C@H]4CCN4)c(C(=O)N(C)C)c3)cc12. The molecular weight excluding hydrogens is 442 g/mol. The van der Waals surface area contributed by atoms with Gasteiger partial charge in [0, 0.05) is 48.6 Å². The van der Waals surface area contributed by atoms with Crippen molar-refractivity contribution in [2.75, 3.05) is 33.1 Å². The van der Waals surface area contributed by atoms with E-state index in [2.05, 4.69) is 26.7 Å². The average molecular weight is 470 g/mol. The van der Waals surface area contributed by atoms with E-state index >= 15 is 0 Å². The molecule has 1 aliphatic rings. The minimum Gasteiger partial charge on any atom is -0.496 e. The fourth-order valence-corrected chi connectivity index (χ4v) is 4.23. The summed E-state index contributed by atoms with van der Waals surface area (Å²) in [5, 5.41) is 6.95. The van der Waals surface area contributed by atoms with Gasteiger partial charge < -0.3 is 25.3 Å². The van der Waals surface area contributed by atoms with Crippen LogP contribution in [0.4, 0.5) is 5.69 Å². The van der Waals surface area contributed by atoms with Gasteiger partial charge in [-0.1, -0.05) is 24.3 Å². The van der Waals surface area contributed by atoms with E-state index in [1.54, 1.807) is 33.5 Å². The van der Waals surface area contributed by atoms with Gasteiger partial charge in [0.2, 0.25) is 5.91 Å². The Morgan fingerprint density at radius 3 is 2.60 bits per heavy atom. The number of anilines is 1. The number of amides is 2. The Hall–Kier alpha value is -4.17. The highest BCUT2D eigenvalue weighted by Crippen LogP contribution is 2.36. The maximum Gasteiger partial charge on any atom is 0.255 e. The summed E-state index contributed by atoms with van der Waals surface area (Å²) in [6.45, 7) is 0.825. The minimum absolute atomic E-state index is 0.131. The molecule has 1 aliphatic heterocycles. The van der Waals surface area contributed by atoms with Gasteiger partial charge in [-0.2, -0.15) is 0 Å². The van der Waals surface area contributed by atoms with Crippen LogP contribution in [-0.2, 0) is 4.79 Å². The fourth-order valence-electron chi connectivity index (χ4n) is 4.23. The first-order valence-electron chi connectivity index (χ1n) is 11.5. The van der Waals surface area contributed by atoms with Gasteiger partial charge in [-0.15, -0.1) is 0 Å². The van der Waals surface area contributed by atoms with Gasteiger partial charge >= 0.3 is 0 Å². The first-order valence-corrected chi connectivity index (χ1v) is 11.5. The molecule has 4 aromatic rings. The number of nitrogens with one attached hydrogen (secondary N) is 3. The number of fused-ring (bicyclic) bond motifs is 1. The van der Waals surface area contributed by atoms with E-state index in [1.807, 2.05) is 42.6 Å². The van der Waals surface area contributed by atoms with Crippen molar-refractivity contribution in [3.63, 3.8) is 0 Å². The van der Waals surface area contributed by atoms with Crippen LogP contribution in [0.2, 0.25) is 0 Å². The summed E-state index contributed by atoms with van der Waals surface area (Å²) < 4.78 is 5.56. The zero-order valence-electron chi connectivity index (χ0n) is 19.9. The number of aromatic nitrogens is 2. The third-order valence-electron chi connectivity index (χ3n) is 6.32. The van der Waals surface area contributed by atoms with E-state index in [0.717, 1.165) is 52.0 Å². The lowest BCUT2D eigenvalue weighted by Gasteiger charge is -2.27. The molecule has 0 spiro atoms. The molecule has 3 heterocycles. The van der Waals surface area contributed by atoms with Crippen molar-refractivity contribution in [3.05, 3.63) is 66.5 Å². The Labute approximate surface area is 203 Å². The smallest absolute Gasteiger partial charge is 0.255 e. The molecular formula is C27H27N5O3. The van der Waals surface area contributed by atoms with Crippen molar-refractivity contribution >= 4 is 28.5 Å². The van der Waals surface area contributed by atoms with Gasteiger partial charge in [0.1, 0.15) is 11.4 Å². The fraction of sp³-hybridized carbons (Fsp3) is 0.222. The summed E-state index contributed by atoms with van der Waals surface area (Å²) in [5.74, 6) is 0.460. The van der Waals surface area contributed by atoms with E-state index in [1.165, 1.54) is 4.90 Å². The molecule has 2 aromatic heterocycles. The maximum absolute atomic E-state index is 13.0. The third kappa shape index (κ3) is 4.24. The molecule has 1 fully saturated rings. The van der Waals surface area contributed by atoms with E-state index in [4.69, 9.17) is 4.74 Å². The number of methoxy groups -OCH3 is 1. The number of ether oxygens (including phenoxy) is 1. The highest BCUT2D eigenvalue weighted by atomic mass is 16.5. The molecule has 0 unspecified atom stereocenters. The molecule has 35 heavy (non-hydrogen) atoms. The van der Waals surface area contributed by atoms with Crippen LogP contribution in [-0.4, -0.2) is 60.5 Å². The van der Waals surface area contributed by atoms with E-state index < -0.39 is 0 Å². The molecule has 2 amide bonds. The number of rotatable bonds is 6. The summed E-state index contributed by atoms with van der Waals surface area (Å²) in [7, 11) is 5.05. The molecule has 0 aliphatic carbocycles. The van der Waals surface area contributed by atoms with Crippen LogP contribution in [0.15, 0.2) is 60.9 Å². The second kappa shape index (κ2) is 9.23. The first-order chi connectivity index (χ1) is 17.0. The molecule has 8 heteroatoms. The lowest BCUT2D eigenvalue weighted by molar-refractivity contribution is -0.119. The molecule has 5 rings (SSSR count). The van der Waals surface area contributed by atoms with Crippen molar-refractivity contribution < 1.29 is 14.3 Å². The van der Waals surface area contributed by atoms with Crippen LogP contribution in [0.1, 0.15) is 16.8 Å². The standard InChI is InChI=1S/C27H27N5O3/c1-32(2)27(34)20-12-16(8-9-22(20)31-26(33)23-10-11-28-23)17-13-19-21(15-30-25(19)29-14-17)18-6-4-5-7-24(18)35-3/h4-9,12-15,23,28H,10-11H2,1-3H3,(H,29,30)(H,31,33)/t23-/m1/s1. The highest BCUT2D eigenvalue weighted by Gasteiger charge is 2.26. The Balaban J connectivity index is 1.56. The van der Waals surface area contributed by atoms with Crippen LogP contribution in [0, 0.1) is 0 Å². The summed E-state index contributed by atoms with van der Waals surface area (Å²) in [6, 6.07) is 15.2. The van der Waals surface area contributed by atoms with Gasteiger partial charge in [-0.3, -0.25) is 9.59 Å². The van der Waals surface area contributed by atoms with Crippen molar-refractivity contribution in [1.82, 2.24) is 20.2 Å². The van der Waals surface area contributed by atoms with Crippen molar-refractivity contribution in [3.8, 4) is 28.0 Å². The zero-order valence-corrected chi connectivity index (χ0v) is 19.9. The quantitative estimate of drug-likeness (QED) is 0.398. The van der Waals surface area contributed by atoms with Gasteiger partial charge in [0.25, 0.3) is 5.91 Å². The summed E-state index contributed by atoms with van der Waals surface area (Å²) in [4.78, 5) is 34.9. The van der Waals surface area contributed by atoms with Crippen LogP contribution >= 0.6 is 0 Å². The number of benzene rings is 2. The Bertz CT molecular complexity index is 1420. The molecule has 1 saturated heterocycles. The molecule has 8 nitrogen and oxygen atoms in total. The number of nitrogens with zero attached hydrogens (tertiary/aromatic N) is 2. The number of aromatic amines is 1. The van der Waals surface area contributed by atoms with Gasteiger partial charge in [0.05, 0.1) is 24.4 Å². The summed E-state index contributed by atoms with van der Waals surface area (Å²) in [6.07, 6.45) is 4.49. The molecule has 178 valence electrons. The largest absolute Gasteiger partial charge is 0.496 e. The predicted molar refractivity (Wildman–Crippen MR) is 137 cm³/mol. The summed E-state index contributed by atoms with van der Waals surface area (Å²) >= 11 is 0. The minimum atomic E-state index is -0.217. The molecule has 2 aromatic carbocycles. The predicted octanol–water partition coefficient (Wildman–Crippen LogP) is 3.91. The number of carbonyl (C=O) groups is 2. The monoisotopic (exact) mass is 469 g/mol. The van der Waals surface area contributed by atoms with Crippen LogP contribution in [0.25, 0.3) is 33.3 Å². The van der Waals surface area contributed by atoms with Gasteiger partial charge in [0.15, 0.2) is 0 Å². The van der Waals surface area contributed by atoms with Crippen molar-refractivity contribution in [1.29, 1.82) is 0 Å². The number of hydrogen-bond acceptors (Lipinski definition) is 5. The van der Waals surface area contributed by atoms with E-state index in [-0.39, 0.29) is 17.9 Å². The molecule has 1 atom stereocenters. The number of pyridine rings is 1. The lowest BCUT2D eigenvalue weighted by Crippen LogP contribution is -2.51. The average Bonchev–Trinajstić information content (AvgIpc) is 3.25. The van der Waals surface area contributed by atoms with Crippen LogP contribution < -0.4 is 15.4 Å². The van der Waals surface area contributed by atoms with Crippen LogP contribution in [0.3, 0.4) is 0 Å². The van der Waals surface area contributed by atoms with Crippen molar-refractivity contribution in [2.45, 2.75) is 12.5 Å². The Kier molecular flexibility index (Phi) is 5.96. The topological polar surface area (TPSA) is 99.3 Å². The van der Waals surface area contributed by atoms with Gasteiger partial charge in [-0.05, 0) is 42.8 Å². The zero-order chi connectivity index (χ0) is 24.5. The number of para-hydroxylation sites is 1. The lowest BCUT2D eigenvalue weighted by atomic mass is 9.99. The maximum atomic E-state index is 13.0. The molecule has 0 radical (unpaired) electrons. The van der Waals surface area contributed by atoms with Crippen LogP contribution in [0.5, 0.6) is 5.75 Å². The number of H-pyrrole nitrogens is 1. The van der Waals surface area contributed by atoms with E-state index in [9.17, 15) is 9.59 Å². The normalized spacial score (nSPS) is 14.9. The Morgan fingerprint density at radius 2 is 1.89 bits per heavy atom. The first kappa shape index (κ1) is 22.6. The highest BCUT2D eigenvalue weighted by molar-refractivity contribution is 6.06. The second-order valence-corrected chi connectivity index (χ2v) is 8.77. The van der Waals surface area contributed by atoms with E-state index in [0.29, 0.717) is 11.3 Å². The number of carbonyl (C=O) groups excluding carboxylic acids is 2. The summed E-state index contributed by atoms with van der Waals surface area (Å²) in [5.41, 5.74) is 5.32. The van der Waals surface area contributed by atoms with Crippen molar-refractivity contribution in [2.24, 2.45) is 0 Å². The van der Waals surface area contributed by atoms with Gasteiger partial charge in [-0.25, -0.2) is 4.98 Å². The molecule has 3 N–H and O–H groups in total.